The van der Waals surface area contributed by atoms with Crippen LogP contribution in [-0.4, -0.2) is 120 Å². The molecule has 0 fully saturated rings. The van der Waals surface area contributed by atoms with Crippen LogP contribution in [0.1, 0.15) is 36.0 Å². The number of ether oxygens (including phenoxy) is 3. The van der Waals surface area contributed by atoms with E-state index in [0.29, 0.717) is 29.6 Å². The molecule has 13 nitrogen and oxygen atoms in total. The van der Waals surface area contributed by atoms with Gasteiger partial charge in [0.1, 0.15) is 0 Å². The van der Waals surface area contributed by atoms with Crippen molar-refractivity contribution >= 4 is 45.0 Å². The summed E-state index contributed by atoms with van der Waals surface area (Å²) in [5.74, 6) is -1.69. The zero-order chi connectivity index (χ0) is 34.4. The number of hydrogen-bond acceptors (Lipinski definition) is 10. The molecular formula is C31H44Cl2N4O9S. The highest BCUT2D eigenvalue weighted by Gasteiger charge is 2.30. The normalized spacial score (nSPS) is 16.3. The number of sulfonamides is 1. The first-order valence-electron chi connectivity index (χ1n) is 15.3. The number of nitrogens with zero attached hydrogens (tertiary/aromatic N) is 1. The van der Waals surface area contributed by atoms with Crippen molar-refractivity contribution in [3.05, 3.63) is 63.1 Å². The van der Waals surface area contributed by atoms with Crippen LogP contribution in [0.4, 0.5) is 0 Å². The number of amides is 2. The van der Waals surface area contributed by atoms with Gasteiger partial charge in [0, 0.05) is 48.7 Å². The maximum Gasteiger partial charge on any atom is 0.252 e. The number of aliphatic hydroxyl groups is 2. The van der Waals surface area contributed by atoms with E-state index in [1.807, 2.05) is 32.2 Å². The maximum atomic E-state index is 12.8. The van der Waals surface area contributed by atoms with E-state index in [2.05, 4.69) is 20.3 Å². The van der Waals surface area contributed by atoms with Gasteiger partial charge in [0.25, 0.3) is 11.8 Å². The highest BCUT2D eigenvalue weighted by atomic mass is 35.5. The number of carbonyl (C=O) groups excluding carboxylic acids is 2. The van der Waals surface area contributed by atoms with Crippen LogP contribution in [0.5, 0.6) is 0 Å². The summed E-state index contributed by atoms with van der Waals surface area (Å²) >= 11 is 12.7. The van der Waals surface area contributed by atoms with Gasteiger partial charge in [0.15, 0.2) is 12.2 Å². The summed E-state index contributed by atoms with van der Waals surface area (Å²) in [4.78, 5) is 25.8. The molecule has 262 valence electrons. The predicted octanol–water partition coefficient (Wildman–Crippen LogP) is 1.26. The van der Waals surface area contributed by atoms with Crippen LogP contribution in [0.2, 0.25) is 10.0 Å². The van der Waals surface area contributed by atoms with Crippen molar-refractivity contribution in [3.8, 4) is 0 Å². The maximum absolute atomic E-state index is 12.8. The number of halogens is 2. The molecule has 0 saturated carbocycles. The van der Waals surface area contributed by atoms with Gasteiger partial charge in [-0.3, -0.25) is 9.59 Å². The third-order valence-corrected chi connectivity index (χ3v) is 9.33. The fourth-order valence-electron chi connectivity index (χ4n) is 4.87. The standard InChI is InChI=1S/C31H44Cl2N4O9S/c1-3-8-34-30(40)28(38)29(39)31(41)35-9-11-44-13-15-46-16-14-45-12-10-36-47(42,43)23-6-4-21(5-7-23)25-19-37(2)20-26-24(25)17-22(32)18-27(26)33/h4-7,17-18,25,28-29,36,38-39H,3,8-16,19-20H2,1-2H3,(H,34,40)(H,35,41)/t25-,28-,29-/m0/s1. The van der Waals surface area contributed by atoms with Crippen molar-refractivity contribution in [2.24, 2.45) is 0 Å². The lowest BCUT2D eigenvalue weighted by Gasteiger charge is -2.33. The smallest absolute Gasteiger partial charge is 0.252 e. The summed E-state index contributed by atoms with van der Waals surface area (Å²) in [6, 6.07) is 10.5. The molecule has 0 aliphatic carbocycles. The fraction of sp³-hybridized carbons (Fsp3) is 0.548. The van der Waals surface area contributed by atoms with E-state index in [0.717, 1.165) is 23.2 Å². The molecule has 0 radical (unpaired) electrons. The molecule has 0 unspecified atom stereocenters. The van der Waals surface area contributed by atoms with Crippen LogP contribution in [0.3, 0.4) is 0 Å². The molecular weight excluding hydrogens is 675 g/mol. The van der Waals surface area contributed by atoms with E-state index in [1.54, 1.807) is 18.2 Å². The number of rotatable bonds is 20. The van der Waals surface area contributed by atoms with E-state index in [9.17, 15) is 28.2 Å². The van der Waals surface area contributed by atoms with Crippen molar-refractivity contribution in [3.63, 3.8) is 0 Å². The van der Waals surface area contributed by atoms with E-state index in [1.165, 1.54) is 0 Å². The van der Waals surface area contributed by atoms with Crippen LogP contribution in [0.15, 0.2) is 41.3 Å². The molecule has 1 heterocycles. The predicted molar refractivity (Wildman–Crippen MR) is 177 cm³/mol. The Balaban J connectivity index is 1.26. The molecule has 0 bridgehead atoms. The summed E-state index contributed by atoms with van der Waals surface area (Å²) in [5.41, 5.74) is 3.04. The molecule has 1 aliphatic heterocycles. The molecule has 2 amide bonds. The molecule has 0 saturated heterocycles. The molecule has 2 aromatic rings. The number of nitrogens with one attached hydrogen (secondary N) is 3. The van der Waals surface area contributed by atoms with Gasteiger partial charge < -0.3 is 40.0 Å². The van der Waals surface area contributed by atoms with Crippen molar-refractivity contribution in [1.29, 1.82) is 0 Å². The van der Waals surface area contributed by atoms with Gasteiger partial charge >= 0.3 is 0 Å². The van der Waals surface area contributed by atoms with Crippen LogP contribution in [-0.2, 0) is 40.4 Å². The minimum absolute atomic E-state index is 0.00670. The van der Waals surface area contributed by atoms with Gasteiger partial charge in [-0.2, -0.15) is 0 Å². The topological polar surface area (TPSA) is 176 Å². The van der Waals surface area contributed by atoms with E-state index < -0.39 is 34.0 Å². The lowest BCUT2D eigenvalue weighted by Crippen LogP contribution is -2.50. The molecule has 47 heavy (non-hydrogen) atoms. The fourth-order valence-corrected chi connectivity index (χ4v) is 6.46. The number of benzene rings is 2. The van der Waals surface area contributed by atoms with Gasteiger partial charge in [-0.15, -0.1) is 0 Å². The second-order valence-corrected chi connectivity index (χ2v) is 13.6. The van der Waals surface area contributed by atoms with Gasteiger partial charge in [0.2, 0.25) is 10.0 Å². The molecule has 5 N–H and O–H groups in total. The molecule has 2 aromatic carbocycles. The zero-order valence-electron chi connectivity index (χ0n) is 26.5. The molecule has 1 aliphatic rings. The monoisotopic (exact) mass is 718 g/mol. The zero-order valence-corrected chi connectivity index (χ0v) is 28.9. The summed E-state index contributed by atoms with van der Waals surface area (Å²) in [6.45, 7) is 5.11. The Morgan fingerprint density at radius 3 is 2.04 bits per heavy atom. The van der Waals surface area contributed by atoms with E-state index in [-0.39, 0.29) is 63.5 Å². The Morgan fingerprint density at radius 2 is 1.45 bits per heavy atom. The lowest BCUT2D eigenvalue weighted by molar-refractivity contribution is -0.146. The van der Waals surface area contributed by atoms with Crippen LogP contribution >= 0.6 is 23.2 Å². The highest BCUT2D eigenvalue weighted by Crippen LogP contribution is 2.38. The summed E-state index contributed by atoms with van der Waals surface area (Å²) < 4.78 is 44.3. The van der Waals surface area contributed by atoms with Gasteiger partial charge in [-0.1, -0.05) is 42.3 Å². The van der Waals surface area contributed by atoms with Crippen LogP contribution in [0, 0.1) is 0 Å². The van der Waals surface area contributed by atoms with Gasteiger partial charge in [-0.05, 0) is 54.4 Å². The molecule has 0 aromatic heterocycles. The third-order valence-electron chi connectivity index (χ3n) is 7.30. The highest BCUT2D eigenvalue weighted by molar-refractivity contribution is 7.89. The minimum Gasteiger partial charge on any atom is -0.380 e. The van der Waals surface area contributed by atoms with Gasteiger partial charge in [0.05, 0.1) is 44.5 Å². The first-order valence-corrected chi connectivity index (χ1v) is 17.6. The van der Waals surface area contributed by atoms with Crippen LogP contribution in [0.25, 0.3) is 0 Å². The largest absolute Gasteiger partial charge is 0.380 e. The van der Waals surface area contributed by atoms with E-state index >= 15 is 0 Å². The van der Waals surface area contributed by atoms with Crippen molar-refractivity contribution < 1.29 is 42.4 Å². The molecule has 3 rings (SSSR count). The number of aliphatic hydroxyl groups excluding tert-OH is 2. The average Bonchev–Trinajstić information content (AvgIpc) is 3.05. The number of likely N-dealkylation sites (N-methyl/N-ethyl adjacent to an activating group) is 1. The summed E-state index contributed by atoms with van der Waals surface area (Å²) in [6.07, 6.45) is -3.09. The average molecular weight is 720 g/mol. The van der Waals surface area contributed by atoms with Crippen LogP contribution < -0.4 is 15.4 Å². The first-order chi connectivity index (χ1) is 22.4. The number of carbonyl (C=O) groups is 2. The Labute approximate surface area is 285 Å². The summed E-state index contributed by atoms with van der Waals surface area (Å²) in [5, 5.41) is 25.5. The van der Waals surface area contributed by atoms with Crippen molar-refractivity contribution in [2.45, 2.75) is 42.9 Å². The summed E-state index contributed by atoms with van der Waals surface area (Å²) in [7, 11) is -1.71. The Bertz CT molecular complexity index is 1420. The molecule has 3 atom stereocenters. The Hall–Kier alpha value is -2.37. The molecule has 0 spiro atoms. The Morgan fingerprint density at radius 1 is 0.894 bits per heavy atom. The molecule has 16 heteroatoms. The minimum atomic E-state index is -3.73. The third kappa shape index (κ3) is 12.2. The number of hydrogen-bond donors (Lipinski definition) is 5. The van der Waals surface area contributed by atoms with Gasteiger partial charge in [-0.25, -0.2) is 13.1 Å². The van der Waals surface area contributed by atoms with E-state index in [4.69, 9.17) is 37.4 Å². The van der Waals surface area contributed by atoms with Crippen molar-refractivity contribution in [1.82, 2.24) is 20.3 Å². The lowest BCUT2D eigenvalue weighted by atomic mass is 9.85. The number of fused-ring (bicyclic) bond motifs is 1. The second-order valence-electron chi connectivity index (χ2n) is 11.0. The SMILES string of the molecule is CCCNC(=O)[C@@H](O)[C@H](O)C(=O)NCCOCCOCCOCCNS(=O)(=O)c1ccc([C@@H]2CN(C)Cc3c(Cl)cc(Cl)cc32)cc1. The quantitative estimate of drug-likeness (QED) is 0.125. The second kappa shape index (κ2) is 19.6. The first kappa shape index (κ1) is 39.1. The van der Waals surface area contributed by atoms with Crippen molar-refractivity contribution in [2.75, 3.05) is 72.9 Å². The Kier molecular flexibility index (Phi) is 16.3.